The zero-order chi connectivity index (χ0) is 6.69. The van der Waals surface area contributed by atoms with Gasteiger partial charge in [-0.05, 0) is 12.5 Å². The average Bonchev–Trinajstić information content (AvgIpc) is 1.89. The van der Waals surface area contributed by atoms with E-state index in [0.29, 0.717) is 0 Å². The monoisotopic (exact) mass is 119 g/mol. The smallest absolute Gasteiger partial charge is 0.141 e. The highest BCUT2D eigenvalue weighted by Gasteiger charge is 1.91. The van der Waals surface area contributed by atoms with Gasteiger partial charge in [0.2, 0.25) is 0 Å². The summed E-state index contributed by atoms with van der Waals surface area (Å²) in [6.07, 6.45) is 2.87. The Hall–Kier alpha value is -0.785. The minimum atomic E-state index is 1.03. The summed E-state index contributed by atoms with van der Waals surface area (Å²) in [5.74, 6) is 0. The molecule has 1 nitrogen and oxygen atoms in total. The Morgan fingerprint density at radius 2 is 2.44 bits per heavy atom. The standard InChI is InChI=1S/C7H10BN/c1-2-7-6(8)4-3-5-9-7/h3-5H,2,8H2,1H3. The van der Waals surface area contributed by atoms with Crippen LogP contribution in [0.4, 0.5) is 0 Å². The van der Waals surface area contributed by atoms with E-state index in [0.717, 1.165) is 6.42 Å². The fourth-order valence-corrected chi connectivity index (χ4v) is 0.889. The maximum Gasteiger partial charge on any atom is 0.141 e. The van der Waals surface area contributed by atoms with Crippen LogP contribution in [0.3, 0.4) is 0 Å². The Morgan fingerprint density at radius 3 is 2.89 bits per heavy atom. The van der Waals surface area contributed by atoms with Gasteiger partial charge in [0, 0.05) is 11.9 Å². The summed E-state index contributed by atoms with van der Waals surface area (Å²) >= 11 is 0. The van der Waals surface area contributed by atoms with Crippen molar-refractivity contribution in [3.63, 3.8) is 0 Å². The number of aromatic nitrogens is 1. The maximum atomic E-state index is 4.20. The average molecular weight is 119 g/mol. The van der Waals surface area contributed by atoms with Crippen LogP contribution in [0, 0.1) is 0 Å². The fourth-order valence-electron chi connectivity index (χ4n) is 0.889. The van der Waals surface area contributed by atoms with E-state index in [1.165, 1.54) is 11.2 Å². The van der Waals surface area contributed by atoms with E-state index >= 15 is 0 Å². The van der Waals surface area contributed by atoms with Crippen molar-refractivity contribution in [1.82, 2.24) is 4.98 Å². The summed E-state index contributed by atoms with van der Waals surface area (Å²) in [6.45, 7) is 2.12. The van der Waals surface area contributed by atoms with Crippen molar-refractivity contribution in [3.8, 4) is 0 Å². The second-order valence-electron chi connectivity index (χ2n) is 2.12. The molecule has 0 aliphatic heterocycles. The van der Waals surface area contributed by atoms with E-state index in [-0.39, 0.29) is 0 Å². The van der Waals surface area contributed by atoms with Gasteiger partial charge in [-0.2, -0.15) is 0 Å². The highest BCUT2D eigenvalue weighted by molar-refractivity contribution is 6.33. The van der Waals surface area contributed by atoms with Crippen LogP contribution in [0.1, 0.15) is 12.6 Å². The zero-order valence-corrected chi connectivity index (χ0v) is 5.89. The van der Waals surface area contributed by atoms with Crippen LogP contribution in [0.2, 0.25) is 0 Å². The van der Waals surface area contributed by atoms with Gasteiger partial charge in [-0.15, -0.1) is 0 Å². The summed E-state index contributed by atoms with van der Waals surface area (Å²) in [6, 6.07) is 4.06. The van der Waals surface area contributed by atoms with E-state index in [1.807, 2.05) is 12.3 Å². The van der Waals surface area contributed by atoms with Gasteiger partial charge < -0.3 is 0 Å². The largest absolute Gasteiger partial charge is 0.262 e. The maximum absolute atomic E-state index is 4.20. The van der Waals surface area contributed by atoms with Gasteiger partial charge in [-0.3, -0.25) is 4.98 Å². The van der Waals surface area contributed by atoms with Crippen LogP contribution in [-0.4, -0.2) is 12.8 Å². The first kappa shape index (κ1) is 6.34. The van der Waals surface area contributed by atoms with E-state index < -0.39 is 0 Å². The molecular weight excluding hydrogens is 109 g/mol. The third-order valence-electron chi connectivity index (χ3n) is 1.45. The Bertz CT molecular complexity index is 198. The second kappa shape index (κ2) is 2.67. The van der Waals surface area contributed by atoms with Crippen molar-refractivity contribution in [2.45, 2.75) is 13.3 Å². The molecule has 0 N–H and O–H groups in total. The van der Waals surface area contributed by atoms with E-state index in [1.54, 1.807) is 0 Å². The number of aryl methyl sites for hydroxylation is 1. The molecule has 0 aliphatic rings. The number of nitrogens with zero attached hydrogens (tertiary/aromatic N) is 1. The molecule has 1 rings (SSSR count). The van der Waals surface area contributed by atoms with Crippen LogP contribution < -0.4 is 5.46 Å². The summed E-state index contributed by atoms with van der Waals surface area (Å²) in [7, 11) is 2.09. The second-order valence-corrected chi connectivity index (χ2v) is 2.12. The Kier molecular flexibility index (Phi) is 1.88. The summed E-state index contributed by atoms with van der Waals surface area (Å²) in [4.78, 5) is 4.20. The van der Waals surface area contributed by atoms with Crippen LogP contribution in [0.25, 0.3) is 0 Å². The van der Waals surface area contributed by atoms with Gasteiger partial charge in [0.1, 0.15) is 7.85 Å². The minimum Gasteiger partial charge on any atom is -0.262 e. The first-order valence-corrected chi connectivity index (χ1v) is 3.25. The lowest BCUT2D eigenvalue weighted by atomic mass is 9.93. The lowest BCUT2D eigenvalue weighted by Crippen LogP contribution is -2.10. The van der Waals surface area contributed by atoms with Crippen molar-refractivity contribution in [3.05, 3.63) is 24.0 Å². The fraction of sp³-hybridized carbons (Fsp3) is 0.286. The van der Waals surface area contributed by atoms with Crippen LogP contribution in [0.15, 0.2) is 18.3 Å². The molecule has 0 fully saturated rings. The Morgan fingerprint density at radius 1 is 1.67 bits per heavy atom. The molecule has 0 saturated heterocycles. The first-order chi connectivity index (χ1) is 4.34. The van der Waals surface area contributed by atoms with Gasteiger partial charge in [-0.1, -0.05) is 18.5 Å². The van der Waals surface area contributed by atoms with Gasteiger partial charge in [0.05, 0.1) is 0 Å². The van der Waals surface area contributed by atoms with Crippen molar-refractivity contribution < 1.29 is 0 Å². The molecule has 0 bridgehead atoms. The van der Waals surface area contributed by atoms with E-state index in [4.69, 9.17) is 0 Å². The third-order valence-corrected chi connectivity index (χ3v) is 1.45. The van der Waals surface area contributed by atoms with Crippen molar-refractivity contribution in [1.29, 1.82) is 0 Å². The number of hydrogen-bond acceptors (Lipinski definition) is 1. The van der Waals surface area contributed by atoms with Gasteiger partial charge in [0.15, 0.2) is 0 Å². The van der Waals surface area contributed by atoms with Crippen LogP contribution >= 0.6 is 0 Å². The molecule has 0 radical (unpaired) electrons. The molecule has 0 saturated carbocycles. The Labute approximate surface area is 56.5 Å². The van der Waals surface area contributed by atoms with E-state index in [2.05, 4.69) is 25.8 Å². The predicted octanol–water partition coefficient (Wildman–Crippen LogP) is -0.0976. The normalized spacial score (nSPS) is 9.44. The quantitative estimate of drug-likeness (QED) is 0.470. The number of pyridine rings is 1. The molecule has 0 atom stereocenters. The van der Waals surface area contributed by atoms with Gasteiger partial charge in [-0.25, -0.2) is 0 Å². The molecule has 0 aliphatic carbocycles. The highest BCUT2D eigenvalue weighted by atomic mass is 14.7. The SMILES string of the molecule is Bc1cccnc1CC. The molecule has 1 aromatic rings. The highest BCUT2D eigenvalue weighted by Crippen LogP contribution is 1.87. The van der Waals surface area contributed by atoms with E-state index in [9.17, 15) is 0 Å². The molecular formula is C7H10BN. The predicted molar refractivity (Wildman–Crippen MR) is 41.8 cm³/mol. The molecule has 0 unspecified atom stereocenters. The molecule has 2 heteroatoms. The number of hydrogen-bond donors (Lipinski definition) is 0. The molecule has 0 amide bonds. The third kappa shape index (κ3) is 1.32. The first-order valence-electron chi connectivity index (χ1n) is 3.25. The van der Waals surface area contributed by atoms with Crippen molar-refractivity contribution in [2.75, 3.05) is 0 Å². The number of rotatable bonds is 1. The lowest BCUT2D eigenvalue weighted by molar-refractivity contribution is 1.05. The van der Waals surface area contributed by atoms with Gasteiger partial charge in [0.25, 0.3) is 0 Å². The zero-order valence-electron chi connectivity index (χ0n) is 5.89. The topological polar surface area (TPSA) is 12.9 Å². The summed E-state index contributed by atoms with van der Waals surface area (Å²) < 4.78 is 0. The molecule has 9 heavy (non-hydrogen) atoms. The van der Waals surface area contributed by atoms with Crippen LogP contribution in [-0.2, 0) is 6.42 Å². The molecule has 1 heterocycles. The summed E-state index contributed by atoms with van der Waals surface area (Å²) in [5, 5.41) is 0. The molecule has 1 aromatic heterocycles. The minimum absolute atomic E-state index is 1.03. The summed E-state index contributed by atoms with van der Waals surface area (Å²) in [5.41, 5.74) is 2.50. The van der Waals surface area contributed by atoms with Crippen LogP contribution in [0.5, 0.6) is 0 Å². The lowest BCUT2D eigenvalue weighted by Gasteiger charge is -1.97. The molecule has 0 aromatic carbocycles. The molecule has 46 valence electrons. The van der Waals surface area contributed by atoms with Crippen molar-refractivity contribution >= 4 is 13.3 Å². The Balaban J connectivity index is 3.01. The van der Waals surface area contributed by atoms with Gasteiger partial charge >= 0.3 is 0 Å². The van der Waals surface area contributed by atoms with Crippen molar-refractivity contribution in [2.24, 2.45) is 0 Å². The molecule has 0 spiro atoms.